The highest BCUT2D eigenvalue weighted by atomic mass is 32.2. The van der Waals surface area contributed by atoms with Crippen LogP contribution in [0.4, 0.5) is 0 Å². The van der Waals surface area contributed by atoms with Crippen LogP contribution in [0.15, 0.2) is 24.3 Å². The lowest BCUT2D eigenvalue weighted by atomic mass is 10.1. The molecule has 1 fully saturated rings. The molecule has 0 saturated carbocycles. The number of benzene rings is 1. The maximum Gasteiger partial charge on any atom is 0.337 e. The summed E-state index contributed by atoms with van der Waals surface area (Å²) >= 11 is 0. The first-order valence-electron chi connectivity index (χ1n) is 6.38. The van der Waals surface area contributed by atoms with Crippen LogP contribution in [0.1, 0.15) is 22.3 Å². The molecule has 1 aliphatic rings. The molecule has 2 N–H and O–H groups in total. The van der Waals surface area contributed by atoms with Crippen LogP contribution in [0.3, 0.4) is 0 Å². The van der Waals surface area contributed by atoms with E-state index >= 15 is 0 Å². The summed E-state index contributed by atoms with van der Waals surface area (Å²) in [6.45, 7) is 1.48. The second-order valence-electron chi connectivity index (χ2n) is 4.76. The van der Waals surface area contributed by atoms with Crippen molar-refractivity contribution in [1.82, 2.24) is 10.0 Å². The minimum atomic E-state index is -3.41. The Morgan fingerprint density at radius 1 is 1.50 bits per heavy atom. The minimum absolute atomic E-state index is 0.0520. The molecule has 1 aliphatic heterocycles. The van der Waals surface area contributed by atoms with Crippen molar-refractivity contribution in [2.45, 2.75) is 18.2 Å². The van der Waals surface area contributed by atoms with E-state index in [0.717, 1.165) is 13.0 Å². The molecule has 7 heteroatoms. The van der Waals surface area contributed by atoms with Gasteiger partial charge in [-0.3, -0.25) is 0 Å². The molecule has 0 unspecified atom stereocenters. The van der Waals surface area contributed by atoms with Crippen LogP contribution in [0.5, 0.6) is 0 Å². The van der Waals surface area contributed by atoms with Crippen molar-refractivity contribution in [3.05, 3.63) is 35.4 Å². The average Bonchev–Trinajstić information content (AvgIpc) is 2.89. The molecule has 6 nitrogen and oxygen atoms in total. The summed E-state index contributed by atoms with van der Waals surface area (Å²) in [5, 5.41) is 3.10. The van der Waals surface area contributed by atoms with Gasteiger partial charge in [0.2, 0.25) is 10.0 Å². The molecule has 110 valence electrons. The molecule has 0 spiro atoms. The molecule has 1 aromatic carbocycles. The molecule has 1 aromatic rings. The van der Waals surface area contributed by atoms with E-state index in [-0.39, 0.29) is 11.8 Å². The van der Waals surface area contributed by atoms with Crippen molar-refractivity contribution < 1.29 is 17.9 Å². The zero-order valence-corrected chi connectivity index (χ0v) is 12.1. The lowest BCUT2D eigenvalue weighted by molar-refractivity contribution is 0.0600. The number of ether oxygens (including phenoxy) is 1. The van der Waals surface area contributed by atoms with Gasteiger partial charge in [0.15, 0.2) is 0 Å². The van der Waals surface area contributed by atoms with Crippen molar-refractivity contribution >= 4 is 16.0 Å². The highest BCUT2D eigenvalue weighted by Crippen LogP contribution is 2.11. The Bertz CT molecular complexity index is 580. The first-order chi connectivity index (χ1) is 9.50. The molecule has 1 heterocycles. The van der Waals surface area contributed by atoms with Gasteiger partial charge >= 0.3 is 5.97 Å². The Labute approximate surface area is 118 Å². The maximum atomic E-state index is 12.1. The predicted octanol–water partition coefficient (Wildman–Crippen LogP) is 0.254. The number of nitrogens with one attached hydrogen (secondary N) is 2. The Morgan fingerprint density at radius 2 is 2.30 bits per heavy atom. The van der Waals surface area contributed by atoms with Gasteiger partial charge in [0.25, 0.3) is 0 Å². The Balaban J connectivity index is 2.06. The van der Waals surface area contributed by atoms with E-state index in [0.29, 0.717) is 17.7 Å². The van der Waals surface area contributed by atoms with Gasteiger partial charge in [-0.25, -0.2) is 17.9 Å². The van der Waals surface area contributed by atoms with Crippen molar-refractivity contribution in [3.63, 3.8) is 0 Å². The Hall–Kier alpha value is -1.44. The molecular weight excluding hydrogens is 280 g/mol. The highest BCUT2D eigenvalue weighted by Gasteiger charge is 2.21. The summed E-state index contributed by atoms with van der Waals surface area (Å²) in [5.41, 5.74) is 0.911. The van der Waals surface area contributed by atoms with Crippen LogP contribution in [0, 0.1) is 0 Å². The lowest BCUT2D eigenvalue weighted by Crippen LogP contribution is -2.36. The highest BCUT2D eigenvalue weighted by molar-refractivity contribution is 7.88. The van der Waals surface area contributed by atoms with Crippen molar-refractivity contribution in [1.29, 1.82) is 0 Å². The molecule has 20 heavy (non-hydrogen) atoms. The van der Waals surface area contributed by atoms with Crippen LogP contribution in [-0.2, 0) is 20.5 Å². The van der Waals surface area contributed by atoms with Crippen molar-refractivity contribution in [3.8, 4) is 0 Å². The molecule has 0 amide bonds. The van der Waals surface area contributed by atoms with Crippen LogP contribution in [0.25, 0.3) is 0 Å². The number of methoxy groups -OCH3 is 1. The van der Waals surface area contributed by atoms with Gasteiger partial charge in [-0.15, -0.1) is 0 Å². The zero-order valence-electron chi connectivity index (χ0n) is 11.3. The quantitative estimate of drug-likeness (QED) is 0.762. The van der Waals surface area contributed by atoms with Crippen LogP contribution in [0.2, 0.25) is 0 Å². The predicted molar refractivity (Wildman–Crippen MR) is 74.8 cm³/mol. The molecule has 1 atom stereocenters. The third-order valence-corrected chi connectivity index (χ3v) is 4.52. The van der Waals surface area contributed by atoms with Crippen molar-refractivity contribution in [2.24, 2.45) is 0 Å². The maximum absolute atomic E-state index is 12.1. The van der Waals surface area contributed by atoms with Gasteiger partial charge in [-0.05, 0) is 30.7 Å². The van der Waals surface area contributed by atoms with Gasteiger partial charge < -0.3 is 10.1 Å². The number of rotatable bonds is 5. The average molecular weight is 298 g/mol. The summed E-state index contributed by atoms with van der Waals surface area (Å²) in [6.07, 6.45) is 0.793. The SMILES string of the molecule is COC(=O)c1cccc(CS(=O)(=O)N[C@H]2CCNC2)c1. The molecule has 0 bridgehead atoms. The minimum Gasteiger partial charge on any atom is -0.465 e. The first-order valence-corrected chi connectivity index (χ1v) is 8.03. The topological polar surface area (TPSA) is 84.5 Å². The van der Waals surface area contributed by atoms with Gasteiger partial charge in [0.1, 0.15) is 0 Å². The number of carbonyl (C=O) groups is 1. The summed E-state index contributed by atoms with van der Waals surface area (Å²) in [6, 6.07) is 6.41. The van der Waals surface area contributed by atoms with E-state index in [9.17, 15) is 13.2 Å². The lowest BCUT2D eigenvalue weighted by Gasteiger charge is -2.12. The monoisotopic (exact) mass is 298 g/mol. The number of hydrogen-bond donors (Lipinski definition) is 2. The summed E-state index contributed by atoms with van der Waals surface area (Å²) < 4.78 is 31.4. The molecule has 0 aliphatic carbocycles. The van der Waals surface area contributed by atoms with E-state index in [2.05, 4.69) is 14.8 Å². The third-order valence-electron chi connectivity index (χ3n) is 3.11. The van der Waals surface area contributed by atoms with E-state index in [1.165, 1.54) is 13.2 Å². The van der Waals surface area contributed by atoms with E-state index < -0.39 is 16.0 Å². The van der Waals surface area contributed by atoms with Gasteiger partial charge in [0, 0.05) is 12.6 Å². The summed E-state index contributed by atoms with van der Waals surface area (Å²) in [7, 11) is -2.12. The van der Waals surface area contributed by atoms with Gasteiger partial charge in [-0.1, -0.05) is 12.1 Å². The fraction of sp³-hybridized carbons (Fsp3) is 0.462. The van der Waals surface area contributed by atoms with Crippen LogP contribution >= 0.6 is 0 Å². The number of hydrogen-bond acceptors (Lipinski definition) is 5. The number of esters is 1. The normalized spacial score (nSPS) is 18.9. The molecule has 2 rings (SSSR count). The number of sulfonamides is 1. The van der Waals surface area contributed by atoms with E-state index in [1.54, 1.807) is 18.2 Å². The summed E-state index contributed by atoms with van der Waals surface area (Å²) in [5.74, 6) is -0.619. The smallest absolute Gasteiger partial charge is 0.337 e. The second-order valence-corrected chi connectivity index (χ2v) is 6.51. The Kier molecular flexibility index (Phi) is 4.74. The second kappa shape index (κ2) is 6.34. The molecule has 0 aromatic heterocycles. The first kappa shape index (κ1) is 15.0. The van der Waals surface area contributed by atoms with E-state index in [4.69, 9.17) is 0 Å². The number of carbonyl (C=O) groups excluding carboxylic acids is 1. The fourth-order valence-corrected chi connectivity index (χ4v) is 3.59. The molecular formula is C13H18N2O4S. The zero-order chi connectivity index (χ0) is 14.6. The Morgan fingerprint density at radius 3 is 2.95 bits per heavy atom. The van der Waals surface area contributed by atoms with Gasteiger partial charge in [-0.2, -0.15) is 0 Å². The third kappa shape index (κ3) is 4.03. The van der Waals surface area contributed by atoms with Gasteiger partial charge in [0.05, 0.1) is 18.4 Å². The fourth-order valence-electron chi connectivity index (χ4n) is 2.18. The molecule has 1 saturated heterocycles. The molecule has 0 radical (unpaired) electrons. The van der Waals surface area contributed by atoms with E-state index in [1.807, 2.05) is 0 Å². The largest absolute Gasteiger partial charge is 0.465 e. The summed E-state index contributed by atoms with van der Waals surface area (Å²) in [4.78, 5) is 11.4. The van der Waals surface area contributed by atoms with Crippen LogP contribution in [-0.4, -0.2) is 40.6 Å². The van der Waals surface area contributed by atoms with Crippen molar-refractivity contribution in [2.75, 3.05) is 20.2 Å². The standard InChI is InChI=1S/C13H18N2O4S/c1-19-13(16)11-4-2-3-10(7-11)9-20(17,18)15-12-5-6-14-8-12/h2-4,7,12,14-15H,5-6,8-9H2,1H3/t12-/m0/s1. The van der Waals surface area contributed by atoms with Crippen LogP contribution < -0.4 is 10.0 Å².